The Hall–Kier alpha value is -2.65. The molecule has 1 saturated heterocycles. The van der Waals surface area contributed by atoms with Crippen molar-refractivity contribution in [3.05, 3.63) is 60.7 Å². The second kappa shape index (κ2) is 10.1. The number of aromatic amines is 1. The van der Waals surface area contributed by atoms with Gasteiger partial charge in [-0.2, -0.15) is 5.10 Å². The molecule has 174 valence electrons. The van der Waals surface area contributed by atoms with Gasteiger partial charge in [0.2, 0.25) is 15.7 Å². The van der Waals surface area contributed by atoms with Crippen molar-refractivity contribution in [3.63, 3.8) is 0 Å². The van der Waals surface area contributed by atoms with E-state index in [0.717, 1.165) is 24.8 Å². The van der Waals surface area contributed by atoms with Crippen LogP contribution in [-0.4, -0.2) is 37.6 Å². The molecule has 1 amide bonds. The number of carbonyl (C=O) groups excluding carboxylic acids is 1. The summed E-state index contributed by atoms with van der Waals surface area (Å²) in [4.78, 5) is 12.9. The third kappa shape index (κ3) is 4.56. The molecule has 0 bridgehead atoms. The van der Waals surface area contributed by atoms with Crippen LogP contribution in [0.5, 0.6) is 0 Å². The average Bonchev–Trinajstić information content (AvgIpc) is 3.25. The maximum absolute atomic E-state index is 13.5. The van der Waals surface area contributed by atoms with Crippen LogP contribution in [0.2, 0.25) is 0 Å². The van der Waals surface area contributed by atoms with Crippen LogP contribution in [0.15, 0.2) is 70.6 Å². The fourth-order valence-electron chi connectivity index (χ4n) is 4.17. The van der Waals surface area contributed by atoms with Crippen molar-refractivity contribution in [3.8, 4) is 0 Å². The molecule has 1 fully saturated rings. The third-order valence-corrected chi connectivity index (χ3v) is 7.57. The van der Waals surface area contributed by atoms with Crippen LogP contribution < -0.4 is 10.6 Å². The summed E-state index contributed by atoms with van der Waals surface area (Å²) >= 11 is 0. The van der Waals surface area contributed by atoms with E-state index in [2.05, 4.69) is 20.8 Å². The molecule has 0 radical (unpaired) electrons. The van der Waals surface area contributed by atoms with Crippen LogP contribution in [-0.2, 0) is 14.6 Å². The summed E-state index contributed by atoms with van der Waals surface area (Å²) in [6.07, 6.45) is 1.79. The van der Waals surface area contributed by atoms with Gasteiger partial charge in [-0.3, -0.25) is 9.89 Å². The molecule has 0 saturated carbocycles. The topological polar surface area (TPSA) is 104 Å². The van der Waals surface area contributed by atoms with Gasteiger partial charge in [0.25, 0.3) is 0 Å². The van der Waals surface area contributed by atoms with Crippen molar-refractivity contribution < 1.29 is 13.2 Å². The van der Waals surface area contributed by atoms with Crippen LogP contribution in [0.1, 0.15) is 12.8 Å². The monoisotopic (exact) mass is 506 g/mol. The van der Waals surface area contributed by atoms with E-state index in [1.54, 1.807) is 36.4 Å². The lowest BCUT2D eigenvalue weighted by atomic mass is 9.99. The molecule has 3 N–H and O–H groups in total. The molecule has 1 unspecified atom stereocenters. The number of rotatable bonds is 4. The molecule has 5 rings (SSSR count). The molecule has 1 aliphatic heterocycles. The lowest BCUT2D eigenvalue weighted by Gasteiger charge is -2.21. The number of nitrogens with zero attached hydrogens (tertiary/aromatic N) is 1. The van der Waals surface area contributed by atoms with Gasteiger partial charge in [0.15, 0.2) is 5.03 Å². The molecule has 33 heavy (non-hydrogen) atoms. The number of sulfone groups is 1. The summed E-state index contributed by atoms with van der Waals surface area (Å²) in [6, 6.07) is 17.8. The van der Waals surface area contributed by atoms with E-state index in [1.807, 2.05) is 24.3 Å². The largest absolute Gasteiger partial charge is 0.324 e. The number of H-pyrrole nitrogens is 1. The fraction of sp³-hybridized carbons (Fsp3) is 0.217. The first kappa shape index (κ1) is 25.0. The van der Waals surface area contributed by atoms with Gasteiger partial charge in [0.1, 0.15) is 5.52 Å². The molecule has 4 aromatic rings. The molecule has 1 aliphatic rings. The molecular weight excluding hydrogens is 483 g/mol. The van der Waals surface area contributed by atoms with Crippen molar-refractivity contribution >= 4 is 67.9 Å². The van der Waals surface area contributed by atoms with Crippen LogP contribution >= 0.6 is 24.8 Å². The zero-order valence-electron chi connectivity index (χ0n) is 17.6. The molecule has 0 spiro atoms. The molecule has 0 aliphatic carbocycles. The zero-order valence-corrected chi connectivity index (χ0v) is 20.0. The number of piperidine rings is 1. The molecule has 2 heterocycles. The number of carbonyl (C=O) groups is 1. The normalized spacial score (nSPS) is 16.1. The Morgan fingerprint density at radius 1 is 0.970 bits per heavy atom. The highest BCUT2D eigenvalue weighted by Crippen LogP contribution is 2.33. The van der Waals surface area contributed by atoms with E-state index < -0.39 is 9.84 Å². The second-order valence-corrected chi connectivity index (χ2v) is 9.62. The first-order valence-corrected chi connectivity index (χ1v) is 11.8. The lowest BCUT2D eigenvalue weighted by molar-refractivity contribution is -0.120. The molecule has 10 heteroatoms. The standard InChI is InChI=1S/C23H22N4O3S.2ClH/c28-22(16-8-5-13-24-14-16)25-19-11-4-10-18-21(19)26-27-23(18)31(29,30)20-12-3-7-15-6-1-2-9-17(15)20;;/h1-4,6-7,9-12,16,24H,5,8,13-14H2,(H,25,28)(H,26,27);2*1H. The Labute approximate surface area is 204 Å². The van der Waals surface area contributed by atoms with Crippen molar-refractivity contribution in [2.45, 2.75) is 22.8 Å². The summed E-state index contributed by atoms with van der Waals surface area (Å²) in [5.74, 6) is -0.192. The number of benzene rings is 3. The van der Waals surface area contributed by atoms with Gasteiger partial charge in [-0.05, 0) is 43.0 Å². The van der Waals surface area contributed by atoms with Crippen molar-refractivity contribution in [1.82, 2.24) is 15.5 Å². The van der Waals surface area contributed by atoms with Crippen molar-refractivity contribution in [1.29, 1.82) is 0 Å². The van der Waals surface area contributed by atoms with E-state index in [1.165, 1.54) is 0 Å². The Kier molecular flexibility index (Phi) is 7.64. The summed E-state index contributed by atoms with van der Waals surface area (Å²) in [5, 5.41) is 15.1. The highest BCUT2D eigenvalue weighted by molar-refractivity contribution is 7.91. The highest BCUT2D eigenvalue weighted by atomic mass is 35.5. The van der Waals surface area contributed by atoms with Gasteiger partial charge >= 0.3 is 0 Å². The van der Waals surface area contributed by atoms with Crippen LogP contribution in [0.25, 0.3) is 21.7 Å². The number of fused-ring (bicyclic) bond motifs is 2. The Morgan fingerprint density at radius 2 is 1.70 bits per heavy atom. The van der Waals surface area contributed by atoms with Crippen molar-refractivity contribution in [2.24, 2.45) is 5.92 Å². The summed E-state index contributed by atoms with van der Waals surface area (Å²) in [7, 11) is -3.86. The first-order chi connectivity index (χ1) is 15.1. The van der Waals surface area contributed by atoms with E-state index >= 15 is 0 Å². The highest BCUT2D eigenvalue weighted by Gasteiger charge is 2.27. The van der Waals surface area contributed by atoms with Gasteiger partial charge in [0, 0.05) is 17.3 Å². The van der Waals surface area contributed by atoms with Crippen LogP contribution in [0, 0.1) is 5.92 Å². The van der Waals surface area contributed by atoms with E-state index in [9.17, 15) is 13.2 Å². The SMILES string of the molecule is Cl.Cl.O=C(Nc1cccc2c(S(=O)(=O)c3cccc4ccccc34)[nH]nc12)C1CCCNC1. The minimum Gasteiger partial charge on any atom is -0.324 e. The quantitative estimate of drug-likeness (QED) is 0.382. The third-order valence-electron chi connectivity index (χ3n) is 5.78. The van der Waals surface area contributed by atoms with Gasteiger partial charge in [-0.15, -0.1) is 24.8 Å². The molecule has 1 atom stereocenters. The number of hydrogen-bond acceptors (Lipinski definition) is 5. The summed E-state index contributed by atoms with van der Waals surface area (Å²) in [6.45, 7) is 1.57. The smallest absolute Gasteiger partial charge is 0.228 e. The number of halogens is 2. The number of para-hydroxylation sites is 1. The van der Waals surface area contributed by atoms with Crippen LogP contribution in [0.3, 0.4) is 0 Å². The number of nitrogens with one attached hydrogen (secondary N) is 3. The Morgan fingerprint density at radius 3 is 2.48 bits per heavy atom. The number of anilines is 1. The number of amides is 1. The minimum atomic E-state index is -3.86. The van der Waals surface area contributed by atoms with E-state index in [4.69, 9.17) is 0 Å². The van der Waals surface area contributed by atoms with Gasteiger partial charge < -0.3 is 10.6 Å². The molecule has 1 aromatic heterocycles. The molecule has 3 aromatic carbocycles. The average molecular weight is 507 g/mol. The van der Waals surface area contributed by atoms with Crippen LogP contribution in [0.4, 0.5) is 5.69 Å². The van der Waals surface area contributed by atoms with Gasteiger partial charge in [0.05, 0.1) is 16.5 Å². The summed E-state index contributed by atoms with van der Waals surface area (Å²) in [5.41, 5.74) is 0.933. The predicted octanol–water partition coefficient (Wildman–Crippen LogP) is 4.33. The second-order valence-electron chi connectivity index (χ2n) is 7.77. The Bertz CT molecular complexity index is 1390. The van der Waals surface area contributed by atoms with E-state index in [0.29, 0.717) is 28.5 Å². The maximum Gasteiger partial charge on any atom is 0.228 e. The summed E-state index contributed by atoms with van der Waals surface area (Å²) < 4.78 is 27.1. The lowest BCUT2D eigenvalue weighted by Crippen LogP contribution is -2.37. The molecular formula is C23H24Cl2N4O3S. The fourth-order valence-corrected chi connectivity index (χ4v) is 5.74. The van der Waals surface area contributed by atoms with Gasteiger partial charge in [-0.25, -0.2) is 8.42 Å². The maximum atomic E-state index is 13.5. The van der Waals surface area contributed by atoms with Crippen molar-refractivity contribution in [2.75, 3.05) is 18.4 Å². The zero-order chi connectivity index (χ0) is 21.4. The first-order valence-electron chi connectivity index (χ1n) is 10.3. The van der Waals surface area contributed by atoms with Gasteiger partial charge in [-0.1, -0.05) is 42.5 Å². The number of aromatic nitrogens is 2. The molecule has 7 nitrogen and oxygen atoms in total. The Balaban J connectivity index is 0.00000153. The van der Waals surface area contributed by atoms with E-state index in [-0.39, 0.29) is 46.6 Å². The number of hydrogen-bond donors (Lipinski definition) is 3. The minimum absolute atomic E-state index is 0. The predicted molar refractivity (Wildman–Crippen MR) is 134 cm³/mol.